The van der Waals surface area contributed by atoms with Crippen molar-refractivity contribution >= 4 is 31.1 Å². The number of thioether (sulfide) groups is 1. The molecule has 0 aliphatic carbocycles. The highest BCUT2D eigenvalue weighted by Crippen LogP contribution is 2.54. The van der Waals surface area contributed by atoms with Crippen LogP contribution in [-0.2, 0) is 18.7 Å². The molecule has 0 radical (unpaired) electrons. The van der Waals surface area contributed by atoms with Gasteiger partial charge in [0.2, 0.25) is 0 Å². The molecule has 0 bridgehead atoms. The van der Waals surface area contributed by atoms with Crippen LogP contribution in [0.3, 0.4) is 0 Å². The summed E-state index contributed by atoms with van der Waals surface area (Å²) in [5.74, 6) is 1.82. The molecule has 0 saturated carbocycles. The van der Waals surface area contributed by atoms with E-state index in [1.54, 1.807) is 30.3 Å². The molecule has 1 heterocycles. The van der Waals surface area contributed by atoms with E-state index in [-0.39, 0.29) is 5.97 Å². The molecule has 7 nitrogen and oxygen atoms in total. The second-order valence-electron chi connectivity index (χ2n) is 4.56. The van der Waals surface area contributed by atoms with E-state index in [1.807, 2.05) is 6.92 Å². The Morgan fingerprint density at radius 1 is 1.52 bits per heavy atom. The van der Waals surface area contributed by atoms with Gasteiger partial charge in [0, 0.05) is 12.3 Å². The van der Waals surface area contributed by atoms with Gasteiger partial charge < -0.3 is 15.1 Å². The van der Waals surface area contributed by atoms with Gasteiger partial charge in [0.05, 0.1) is 12.8 Å². The van der Waals surface area contributed by atoms with Crippen LogP contribution in [0.25, 0.3) is 0 Å². The van der Waals surface area contributed by atoms with Gasteiger partial charge in [-0.15, -0.1) is 0 Å². The van der Waals surface area contributed by atoms with Crippen molar-refractivity contribution in [1.29, 1.82) is 0 Å². The molecule has 0 aromatic carbocycles. The van der Waals surface area contributed by atoms with Crippen LogP contribution in [0.1, 0.15) is 27.2 Å². The van der Waals surface area contributed by atoms with Gasteiger partial charge in [0.15, 0.2) is 0 Å². The van der Waals surface area contributed by atoms with Crippen molar-refractivity contribution in [2.24, 2.45) is 10.9 Å². The number of carbonyl (C=O) groups is 1. The Balaban J connectivity index is 2.24. The summed E-state index contributed by atoms with van der Waals surface area (Å²) >= 11 is 1.66. The predicted octanol–water partition coefficient (Wildman–Crippen LogP) is 1.88. The number of oxime groups is 1. The molecule has 21 heavy (non-hydrogen) atoms. The Bertz CT molecular complexity index is 433. The molecule has 9 heteroatoms. The Morgan fingerprint density at radius 3 is 2.86 bits per heavy atom. The van der Waals surface area contributed by atoms with E-state index in [9.17, 15) is 9.36 Å². The molecule has 0 aromatic heterocycles. The smallest absolute Gasteiger partial charge is 0.366 e. The van der Waals surface area contributed by atoms with Crippen molar-refractivity contribution in [2.75, 3.05) is 30.8 Å². The fourth-order valence-corrected chi connectivity index (χ4v) is 4.55. The molecular weight excluding hydrogens is 313 g/mol. The van der Waals surface area contributed by atoms with Crippen LogP contribution < -0.4 is 5.73 Å². The van der Waals surface area contributed by atoms with Crippen molar-refractivity contribution in [2.45, 2.75) is 33.2 Å². The minimum Gasteiger partial charge on any atom is -0.465 e. The van der Waals surface area contributed by atoms with E-state index in [1.165, 1.54) is 0 Å². The maximum atomic E-state index is 12.4. The summed E-state index contributed by atoms with van der Waals surface area (Å²) in [7, 11) is -2.79. The van der Waals surface area contributed by atoms with Gasteiger partial charge in [-0.3, -0.25) is 14.0 Å². The van der Waals surface area contributed by atoms with Gasteiger partial charge in [-0.05, 0) is 26.0 Å². The topological polar surface area (TPSA) is 94.2 Å². The highest BCUT2D eigenvalue weighted by molar-refractivity contribution is 7.99. The van der Waals surface area contributed by atoms with Crippen LogP contribution >= 0.6 is 19.3 Å². The number of rotatable bonds is 9. The van der Waals surface area contributed by atoms with Crippen LogP contribution in [0.15, 0.2) is 5.16 Å². The zero-order valence-electron chi connectivity index (χ0n) is 12.8. The lowest BCUT2D eigenvalue weighted by Gasteiger charge is -2.22. The largest absolute Gasteiger partial charge is 0.465 e. The highest BCUT2D eigenvalue weighted by Gasteiger charge is 2.37. The van der Waals surface area contributed by atoms with Crippen molar-refractivity contribution < 1.29 is 18.7 Å². The van der Waals surface area contributed by atoms with Gasteiger partial charge in [-0.2, -0.15) is 11.8 Å². The molecule has 0 aromatic rings. The number of nitrogens with zero attached hydrogens (tertiary/aromatic N) is 2. The average Bonchev–Trinajstić information content (AvgIpc) is 2.75. The molecular formula is C12H24N3O4PS. The SMILES string of the molecule is CCOC(=O)[C@H](N)CCSCCN1C(C)=NOP1(=O)CC. The third-order valence-electron chi connectivity index (χ3n) is 3.05. The van der Waals surface area contributed by atoms with Crippen molar-refractivity contribution in [1.82, 2.24) is 4.67 Å². The number of ether oxygens (including phenoxy) is 1. The number of esters is 1. The third kappa shape index (κ3) is 5.20. The first-order valence-electron chi connectivity index (χ1n) is 7.05. The van der Waals surface area contributed by atoms with Crippen LogP contribution in [-0.4, -0.2) is 53.3 Å². The fourth-order valence-electron chi connectivity index (χ4n) is 1.81. The molecule has 122 valence electrons. The van der Waals surface area contributed by atoms with E-state index >= 15 is 0 Å². The van der Waals surface area contributed by atoms with E-state index in [0.29, 0.717) is 31.6 Å². The average molecular weight is 337 g/mol. The van der Waals surface area contributed by atoms with E-state index in [2.05, 4.69) is 5.16 Å². The summed E-state index contributed by atoms with van der Waals surface area (Å²) < 4.78 is 24.0. The lowest BCUT2D eigenvalue weighted by Crippen LogP contribution is -2.33. The van der Waals surface area contributed by atoms with Gasteiger partial charge in [-0.25, -0.2) is 0 Å². The first-order chi connectivity index (χ1) is 9.94. The molecule has 1 aliphatic heterocycles. The number of nitrogens with two attached hydrogens (primary N) is 1. The fraction of sp³-hybridized carbons (Fsp3) is 0.833. The van der Waals surface area contributed by atoms with Gasteiger partial charge in [-0.1, -0.05) is 12.1 Å². The molecule has 0 amide bonds. The summed E-state index contributed by atoms with van der Waals surface area (Å²) in [5, 5.41) is 3.80. The second-order valence-corrected chi connectivity index (χ2v) is 8.33. The summed E-state index contributed by atoms with van der Waals surface area (Å²) in [5.41, 5.74) is 5.71. The molecule has 0 saturated heterocycles. The molecule has 0 fully saturated rings. The maximum Gasteiger partial charge on any atom is 0.366 e. The Kier molecular flexibility index (Phi) is 7.56. The number of hydrogen-bond acceptors (Lipinski definition) is 7. The molecule has 1 rings (SSSR count). The minimum atomic E-state index is -2.79. The zero-order chi connectivity index (χ0) is 15.9. The lowest BCUT2D eigenvalue weighted by atomic mass is 10.2. The highest BCUT2D eigenvalue weighted by atomic mass is 32.2. The summed E-state index contributed by atoms with van der Waals surface area (Å²) in [6.45, 7) is 6.33. The Labute approximate surface area is 130 Å². The van der Waals surface area contributed by atoms with Crippen LogP contribution in [0, 0.1) is 0 Å². The van der Waals surface area contributed by atoms with Crippen LogP contribution in [0.4, 0.5) is 0 Å². The zero-order valence-corrected chi connectivity index (χ0v) is 14.5. The Morgan fingerprint density at radius 2 is 2.24 bits per heavy atom. The van der Waals surface area contributed by atoms with E-state index in [4.69, 9.17) is 15.1 Å². The maximum absolute atomic E-state index is 12.4. The van der Waals surface area contributed by atoms with Crippen molar-refractivity contribution in [3.05, 3.63) is 0 Å². The summed E-state index contributed by atoms with van der Waals surface area (Å²) in [6, 6.07) is -0.572. The predicted molar refractivity (Wildman–Crippen MR) is 85.6 cm³/mol. The molecule has 2 N–H and O–H groups in total. The number of hydrogen-bond donors (Lipinski definition) is 1. The first kappa shape index (κ1) is 18.3. The molecule has 2 atom stereocenters. The minimum absolute atomic E-state index is 0.347. The molecule has 0 spiro atoms. The van der Waals surface area contributed by atoms with Crippen LogP contribution in [0.2, 0.25) is 0 Å². The lowest BCUT2D eigenvalue weighted by molar-refractivity contribution is -0.144. The van der Waals surface area contributed by atoms with Gasteiger partial charge >= 0.3 is 13.5 Å². The normalized spacial score (nSPS) is 22.7. The van der Waals surface area contributed by atoms with Gasteiger partial charge in [0.1, 0.15) is 11.9 Å². The Hall–Kier alpha value is -0.720. The van der Waals surface area contributed by atoms with Gasteiger partial charge in [0.25, 0.3) is 0 Å². The quantitative estimate of drug-likeness (QED) is 0.390. The first-order valence-corrected chi connectivity index (χ1v) is 9.96. The molecule has 1 unspecified atom stereocenters. The number of carbonyl (C=O) groups excluding carboxylic acids is 1. The van der Waals surface area contributed by atoms with Crippen molar-refractivity contribution in [3.8, 4) is 0 Å². The van der Waals surface area contributed by atoms with E-state index < -0.39 is 13.6 Å². The monoisotopic (exact) mass is 337 g/mol. The third-order valence-corrected chi connectivity index (χ3v) is 6.41. The van der Waals surface area contributed by atoms with Crippen LogP contribution in [0.5, 0.6) is 0 Å². The summed E-state index contributed by atoms with van der Waals surface area (Å²) in [6.07, 6.45) is 1.00. The molecule has 1 aliphatic rings. The van der Waals surface area contributed by atoms with E-state index in [0.717, 1.165) is 11.5 Å². The second kappa shape index (κ2) is 8.66. The standard InChI is InChI=1S/C12H24N3O4PS/c1-4-18-12(16)11(13)6-8-21-9-7-15-10(3)14-19-20(15,17)5-2/h11H,4-9,13H2,1-3H3/t11-,20?/m1/s1. The summed E-state index contributed by atoms with van der Waals surface area (Å²) in [4.78, 5) is 11.3. The van der Waals surface area contributed by atoms with Crippen molar-refractivity contribution in [3.63, 3.8) is 0 Å². The number of amidine groups is 1.